The lowest BCUT2D eigenvalue weighted by molar-refractivity contribution is -0.929. The third-order valence-electron chi connectivity index (χ3n) is 6.88. The average Bonchev–Trinajstić information content (AvgIpc) is 2.90. The number of carbonyl (C=O) groups excluding carboxylic acids is 1. The van der Waals surface area contributed by atoms with E-state index in [4.69, 9.17) is 9.47 Å². The molecule has 1 saturated heterocycles. The van der Waals surface area contributed by atoms with Gasteiger partial charge in [-0.15, -0.1) is 0 Å². The smallest absolute Gasteiger partial charge is 0.197 e. The Morgan fingerprint density at radius 2 is 2.17 bits per heavy atom. The van der Waals surface area contributed by atoms with Gasteiger partial charge in [0.2, 0.25) is 0 Å². The molecule has 0 aromatic heterocycles. The van der Waals surface area contributed by atoms with Gasteiger partial charge in [0.05, 0.1) is 33.2 Å². The van der Waals surface area contributed by atoms with Gasteiger partial charge in [-0.25, -0.2) is 0 Å². The standard InChI is InChI=1S/C19H22NO4/c1-20(2)9-8-18-15-11-4-5-13(23-3)16(15)24-17(18)12(21)6-7-19(18,22)14(20)10-11/h4-7,14,17,22H,8-10H2,1-3H3/q+1/t14-,17+,18+,19-/m1/s1. The van der Waals surface area contributed by atoms with Gasteiger partial charge in [-0.05, 0) is 23.8 Å². The summed E-state index contributed by atoms with van der Waals surface area (Å²) in [5.74, 6) is 1.24. The second-order valence-corrected chi connectivity index (χ2v) is 8.13. The Kier molecular flexibility index (Phi) is 2.43. The molecule has 5 rings (SSSR count). The van der Waals surface area contributed by atoms with E-state index in [1.807, 2.05) is 6.07 Å². The maximum absolute atomic E-state index is 12.7. The van der Waals surface area contributed by atoms with E-state index in [9.17, 15) is 9.90 Å². The zero-order valence-corrected chi connectivity index (χ0v) is 14.2. The average molecular weight is 328 g/mol. The maximum Gasteiger partial charge on any atom is 0.197 e. The predicted octanol–water partition coefficient (Wildman–Crippen LogP) is 0.969. The fourth-order valence-corrected chi connectivity index (χ4v) is 5.68. The number of quaternary nitrogens is 1. The number of rotatable bonds is 1. The first kappa shape index (κ1) is 14.5. The monoisotopic (exact) mass is 328 g/mol. The van der Waals surface area contributed by atoms with Crippen LogP contribution in [-0.2, 0) is 16.6 Å². The van der Waals surface area contributed by atoms with Crippen molar-refractivity contribution >= 4 is 5.78 Å². The van der Waals surface area contributed by atoms with Gasteiger partial charge in [-0.3, -0.25) is 4.79 Å². The predicted molar refractivity (Wildman–Crippen MR) is 87.3 cm³/mol. The third kappa shape index (κ3) is 1.31. The quantitative estimate of drug-likeness (QED) is 0.781. The zero-order chi connectivity index (χ0) is 16.9. The van der Waals surface area contributed by atoms with Gasteiger partial charge in [0, 0.05) is 18.4 Å². The molecule has 1 fully saturated rings. The van der Waals surface area contributed by atoms with Gasteiger partial charge in [0.25, 0.3) is 0 Å². The van der Waals surface area contributed by atoms with E-state index in [0.717, 1.165) is 29.4 Å². The molecule has 2 aliphatic heterocycles. The second kappa shape index (κ2) is 4.03. The number of carbonyl (C=O) groups is 1. The topological polar surface area (TPSA) is 55.8 Å². The Labute approximate surface area is 141 Å². The molecule has 1 spiro atoms. The molecule has 4 atom stereocenters. The van der Waals surface area contributed by atoms with Crippen LogP contribution in [-0.4, -0.2) is 60.9 Å². The largest absolute Gasteiger partial charge is 0.493 e. The van der Waals surface area contributed by atoms with Gasteiger partial charge in [-0.2, -0.15) is 0 Å². The minimum Gasteiger partial charge on any atom is -0.493 e. The number of likely N-dealkylation sites (tertiary alicyclic amines) is 1. The molecule has 2 aliphatic carbocycles. The molecule has 5 heteroatoms. The molecule has 0 saturated carbocycles. The number of piperidine rings is 1. The number of methoxy groups -OCH3 is 1. The third-order valence-corrected chi connectivity index (χ3v) is 6.88. The minimum absolute atomic E-state index is 0.00791. The lowest BCUT2D eigenvalue weighted by Gasteiger charge is -2.61. The number of aliphatic hydroxyl groups is 1. The number of hydrogen-bond acceptors (Lipinski definition) is 4. The Morgan fingerprint density at radius 1 is 1.38 bits per heavy atom. The molecule has 126 valence electrons. The van der Waals surface area contributed by atoms with Crippen LogP contribution in [0.2, 0.25) is 0 Å². The molecule has 0 amide bonds. The van der Waals surface area contributed by atoms with Crippen LogP contribution in [0.3, 0.4) is 0 Å². The van der Waals surface area contributed by atoms with Crippen molar-refractivity contribution in [2.75, 3.05) is 27.7 Å². The highest BCUT2D eigenvalue weighted by Gasteiger charge is 2.74. The first-order chi connectivity index (χ1) is 11.3. The van der Waals surface area contributed by atoms with Crippen molar-refractivity contribution in [2.24, 2.45) is 0 Å². The number of ketones is 1. The molecule has 1 aromatic carbocycles. The van der Waals surface area contributed by atoms with E-state index in [0.29, 0.717) is 11.5 Å². The summed E-state index contributed by atoms with van der Waals surface area (Å²) in [5.41, 5.74) is 0.423. The number of benzene rings is 1. The summed E-state index contributed by atoms with van der Waals surface area (Å²) >= 11 is 0. The van der Waals surface area contributed by atoms with Crippen molar-refractivity contribution < 1.29 is 23.9 Å². The van der Waals surface area contributed by atoms with Gasteiger partial charge >= 0.3 is 0 Å². The Hall–Kier alpha value is -1.85. The summed E-state index contributed by atoms with van der Waals surface area (Å²) < 4.78 is 12.4. The lowest BCUT2D eigenvalue weighted by Crippen LogP contribution is -2.78. The first-order valence-corrected chi connectivity index (χ1v) is 8.50. The summed E-state index contributed by atoms with van der Waals surface area (Å²) in [6, 6.07) is 4.00. The lowest BCUT2D eigenvalue weighted by atomic mass is 9.50. The minimum atomic E-state index is -1.07. The highest BCUT2D eigenvalue weighted by atomic mass is 16.5. The molecule has 4 aliphatic rings. The van der Waals surface area contributed by atoms with E-state index < -0.39 is 17.1 Å². The van der Waals surface area contributed by atoms with Crippen LogP contribution in [0.25, 0.3) is 0 Å². The summed E-state index contributed by atoms with van der Waals surface area (Å²) in [6.07, 6.45) is 4.11. The summed E-state index contributed by atoms with van der Waals surface area (Å²) in [5, 5.41) is 11.9. The van der Waals surface area contributed by atoms with E-state index in [1.54, 1.807) is 13.2 Å². The van der Waals surface area contributed by atoms with Crippen molar-refractivity contribution in [3.63, 3.8) is 0 Å². The van der Waals surface area contributed by atoms with Crippen molar-refractivity contribution in [1.82, 2.24) is 0 Å². The van der Waals surface area contributed by atoms with E-state index in [-0.39, 0.29) is 11.8 Å². The number of hydrogen-bond donors (Lipinski definition) is 1. The second-order valence-electron chi connectivity index (χ2n) is 8.13. The van der Waals surface area contributed by atoms with E-state index in [1.165, 1.54) is 11.6 Å². The van der Waals surface area contributed by atoms with Crippen LogP contribution < -0.4 is 9.47 Å². The van der Waals surface area contributed by atoms with Crippen molar-refractivity contribution in [2.45, 2.75) is 36.0 Å². The highest BCUT2D eigenvalue weighted by molar-refractivity contribution is 5.99. The fraction of sp³-hybridized carbons (Fsp3) is 0.526. The molecule has 1 N–H and O–H groups in total. The van der Waals surface area contributed by atoms with E-state index >= 15 is 0 Å². The molecule has 1 aromatic rings. The molecule has 0 unspecified atom stereocenters. The molecular formula is C19H22NO4+. The normalized spacial score (nSPS) is 40.1. The Bertz CT molecular complexity index is 814. The molecule has 0 radical (unpaired) electrons. The number of ether oxygens (including phenoxy) is 2. The van der Waals surface area contributed by atoms with Gasteiger partial charge in [-0.1, -0.05) is 6.07 Å². The van der Waals surface area contributed by atoms with Gasteiger partial charge < -0.3 is 19.1 Å². The summed E-state index contributed by atoms with van der Waals surface area (Å²) in [6.45, 7) is 0.907. The molecule has 24 heavy (non-hydrogen) atoms. The number of likely N-dealkylation sites (N-methyl/N-ethyl adjacent to an activating group) is 1. The maximum atomic E-state index is 12.7. The summed E-state index contributed by atoms with van der Waals surface area (Å²) in [4.78, 5) is 12.7. The van der Waals surface area contributed by atoms with Crippen molar-refractivity contribution in [3.8, 4) is 11.5 Å². The molecular weight excluding hydrogens is 306 g/mol. The van der Waals surface area contributed by atoms with Crippen LogP contribution in [0.5, 0.6) is 11.5 Å². The number of nitrogens with zero attached hydrogens (tertiary/aromatic N) is 1. The van der Waals surface area contributed by atoms with E-state index in [2.05, 4.69) is 20.2 Å². The zero-order valence-electron chi connectivity index (χ0n) is 14.2. The van der Waals surface area contributed by atoms with Gasteiger partial charge in [0.1, 0.15) is 11.6 Å². The van der Waals surface area contributed by atoms with Crippen molar-refractivity contribution in [1.29, 1.82) is 0 Å². The molecule has 2 heterocycles. The molecule has 2 bridgehead atoms. The van der Waals surface area contributed by atoms with Crippen LogP contribution in [0.1, 0.15) is 17.5 Å². The first-order valence-electron chi connectivity index (χ1n) is 8.50. The van der Waals surface area contributed by atoms with Crippen LogP contribution in [0.15, 0.2) is 24.3 Å². The Balaban J connectivity index is 1.89. The van der Waals surface area contributed by atoms with Crippen LogP contribution in [0, 0.1) is 0 Å². The SMILES string of the molecule is COc1ccc2c3c1O[C@H]1C(=O)C=C[C@@]4(O)[C@@H](C2)[N+](C)(C)CC[C@]314. The van der Waals surface area contributed by atoms with Crippen LogP contribution in [0.4, 0.5) is 0 Å². The van der Waals surface area contributed by atoms with Crippen molar-refractivity contribution in [3.05, 3.63) is 35.4 Å². The summed E-state index contributed by atoms with van der Waals surface area (Å²) in [7, 11) is 5.94. The fourth-order valence-electron chi connectivity index (χ4n) is 5.68. The molecule has 5 nitrogen and oxygen atoms in total. The van der Waals surface area contributed by atoms with Crippen LogP contribution >= 0.6 is 0 Å². The Morgan fingerprint density at radius 3 is 2.92 bits per heavy atom. The highest BCUT2D eigenvalue weighted by Crippen LogP contribution is 2.64. The van der Waals surface area contributed by atoms with Gasteiger partial charge in [0.15, 0.2) is 23.4 Å².